The van der Waals surface area contributed by atoms with Crippen molar-refractivity contribution in [2.75, 3.05) is 47.6 Å². The van der Waals surface area contributed by atoms with Crippen LogP contribution in [0.4, 0.5) is 0 Å². The standard InChI is InChI=1S/C15H25NO.C10H12O5/c1-2-16(12-6-7-14-17)13-8-11-15-9-4-3-5-10-15;1-13-7-4-6(10(11)12)5-8(14-2)9(7)15-3/h3-5,9-10,17H,2,6-8,11-14H2,1H3;4-5H,1-3H3,(H,11,12). The molecule has 2 aromatic carbocycles. The SMILES string of the molecule is CC[NH+](CCCCO)CCCc1ccccc1.COc1cc(C(=O)[O-])cc(OC)c1OC. The van der Waals surface area contributed by atoms with Gasteiger partial charge in [0.25, 0.3) is 0 Å². The fourth-order valence-electron chi connectivity index (χ4n) is 3.35. The number of hydrogen-bond acceptors (Lipinski definition) is 6. The molecule has 2 aromatic rings. The van der Waals surface area contributed by atoms with Gasteiger partial charge in [-0.25, -0.2) is 0 Å². The van der Waals surface area contributed by atoms with E-state index in [1.165, 1.54) is 71.5 Å². The second-order valence-electron chi connectivity index (χ2n) is 7.32. The van der Waals surface area contributed by atoms with E-state index in [2.05, 4.69) is 37.3 Å². The minimum atomic E-state index is -1.30. The summed E-state index contributed by atoms with van der Waals surface area (Å²) in [6.45, 7) is 6.22. The maximum absolute atomic E-state index is 10.7. The van der Waals surface area contributed by atoms with Crippen LogP contribution in [0.1, 0.15) is 42.1 Å². The Labute approximate surface area is 191 Å². The number of aliphatic hydroxyl groups is 1. The summed E-state index contributed by atoms with van der Waals surface area (Å²) in [6, 6.07) is 13.3. The number of methoxy groups -OCH3 is 3. The third kappa shape index (κ3) is 9.58. The molecule has 0 amide bonds. The maximum Gasteiger partial charge on any atom is 0.203 e. The Kier molecular flexibility index (Phi) is 13.6. The van der Waals surface area contributed by atoms with Crippen LogP contribution in [0.25, 0.3) is 0 Å². The van der Waals surface area contributed by atoms with Gasteiger partial charge in [-0.1, -0.05) is 30.3 Å². The molecule has 0 aromatic heterocycles. The van der Waals surface area contributed by atoms with Gasteiger partial charge in [-0.2, -0.15) is 0 Å². The molecular formula is C25H37NO6. The number of carboxylic acids is 1. The average Bonchev–Trinajstić information content (AvgIpc) is 2.83. The Bertz CT molecular complexity index is 756. The van der Waals surface area contributed by atoms with Crippen LogP contribution in [0.15, 0.2) is 42.5 Å². The van der Waals surface area contributed by atoms with Gasteiger partial charge in [0, 0.05) is 18.6 Å². The smallest absolute Gasteiger partial charge is 0.203 e. The number of aryl methyl sites for hydroxylation is 1. The van der Waals surface area contributed by atoms with E-state index in [-0.39, 0.29) is 17.1 Å². The molecule has 0 radical (unpaired) electrons. The molecule has 1 atom stereocenters. The monoisotopic (exact) mass is 447 g/mol. The number of carbonyl (C=O) groups is 1. The summed E-state index contributed by atoms with van der Waals surface area (Å²) in [5.74, 6) is -0.369. The minimum absolute atomic E-state index is 0.0236. The normalized spacial score (nSPS) is 11.2. The van der Waals surface area contributed by atoms with Gasteiger partial charge in [-0.15, -0.1) is 0 Å². The summed E-state index contributed by atoms with van der Waals surface area (Å²) in [4.78, 5) is 12.3. The maximum atomic E-state index is 10.7. The topological polar surface area (TPSA) is 92.5 Å². The molecule has 0 bridgehead atoms. The van der Waals surface area contributed by atoms with Gasteiger partial charge in [0.1, 0.15) is 0 Å². The lowest BCUT2D eigenvalue weighted by Crippen LogP contribution is -3.11. The molecule has 2 rings (SSSR count). The summed E-state index contributed by atoms with van der Waals surface area (Å²) < 4.78 is 15.0. The molecule has 0 spiro atoms. The van der Waals surface area contributed by atoms with E-state index in [1.807, 2.05) is 0 Å². The first-order valence-electron chi connectivity index (χ1n) is 11.0. The van der Waals surface area contributed by atoms with Gasteiger partial charge in [0.15, 0.2) is 11.5 Å². The van der Waals surface area contributed by atoms with Gasteiger partial charge in [-0.05, 0) is 43.9 Å². The van der Waals surface area contributed by atoms with Crippen molar-refractivity contribution in [2.45, 2.75) is 32.6 Å². The van der Waals surface area contributed by atoms with Gasteiger partial charge < -0.3 is 34.1 Å². The molecule has 0 saturated carbocycles. The number of carbonyl (C=O) groups excluding carboxylic acids is 1. The lowest BCUT2D eigenvalue weighted by Gasteiger charge is -2.17. The number of aromatic carboxylic acids is 1. The quantitative estimate of drug-likeness (QED) is 0.451. The number of rotatable bonds is 13. The number of hydrogen-bond donors (Lipinski definition) is 2. The van der Waals surface area contributed by atoms with Crippen molar-refractivity contribution >= 4 is 5.97 Å². The first-order chi connectivity index (χ1) is 15.5. The lowest BCUT2D eigenvalue weighted by molar-refractivity contribution is -0.898. The third-order valence-electron chi connectivity index (χ3n) is 5.18. The number of nitrogens with one attached hydrogen (secondary N) is 1. The molecular weight excluding hydrogens is 410 g/mol. The molecule has 0 fully saturated rings. The van der Waals surface area contributed by atoms with Crippen LogP contribution in [0, 0.1) is 0 Å². The predicted octanol–water partition coefficient (Wildman–Crippen LogP) is 1.37. The van der Waals surface area contributed by atoms with E-state index in [0.29, 0.717) is 12.4 Å². The molecule has 0 aliphatic rings. The van der Waals surface area contributed by atoms with Crippen molar-refractivity contribution in [1.29, 1.82) is 0 Å². The van der Waals surface area contributed by atoms with Crippen molar-refractivity contribution in [3.8, 4) is 17.2 Å². The number of unbranched alkanes of at least 4 members (excludes halogenated alkanes) is 1. The number of ether oxygens (including phenoxy) is 3. The summed E-state index contributed by atoms with van der Waals surface area (Å²) in [6.07, 6.45) is 4.53. The van der Waals surface area contributed by atoms with E-state index < -0.39 is 5.97 Å². The van der Waals surface area contributed by atoms with E-state index in [4.69, 9.17) is 19.3 Å². The second kappa shape index (κ2) is 15.9. The fourth-order valence-corrected chi connectivity index (χ4v) is 3.35. The molecule has 2 N–H and O–H groups in total. The first-order valence-corrected chi connectivity index (χ1v) is 11.0. The van der Waals surface area contributed by atoms with E-state index >= 15 is 0 Å². The van der Waals surface area contributed by atoms with Crippen molar-refractivity contribution in [2.24, 2.45) is 0 Å². The highest BCUT2D eigenvalue weighted by molar-refractivity contribution is 5.87. The summed E-state index contributed by atoms with van der Waals surface area (Å²) >= 11 is 0. The van der Waals surface area contributed by atoms with Crippen LogP contribution in [0.5, 0.6) is 17.2 Å². The number of aliphatic hydroxyl groups excluding tert-OH is 1. The third-order valence-corrected chi connectivity index (χ3v) is 5.18. The molecule has 0 saturated heterocycles. The Morgan fingerprint density at radius 2 is 1.53 bits per heavy atom. The van der Waals surface area contributed by atoms with Crippen LogP contribution in [0.3, 0.4) is 0 Å². The van der Waals surface area contributed by atoms with Crippen LogP contribution in [0.2, 0.25) is 0 Å². The Morgan fingerprint density at radius 3 is 2.00 bits per heavy atom. The largest absolute Gasteiger partial charge is 0.545 e. The van der Waals surface area contributed by atoms with E-state index in [0.717, 1.165) is 12.8 Å². The zero-order valence-electron chi connectivity index (χ0n) is 19.7. The van der Waals surface area contributed by atoms with E-state index in [1.54, 1.807) is 4.90 Å². The molecule has 7 heteroatoms. The number of quaternary nitrogens is 1. The highest BCUT2D eigenvalue weighted by atomic mass is 16.5. The Hall–Kier alpha value is -2.77. The molecule has 0 heterocycles. The molecule has 7 nitrogen and oxygen atoms in total. The highest BCUT2D eigenvalue weighted by Gasteiger charge is 2.13. The number of carboxylic acid groups (broad SMARTS) is 1. The predicted molar refractivity (Wildman–Crippen MR) is 123 cm³/mol. The summed E-state index contributed by atoms with van der Waals surface area (Å²) in [5, 5.41) is 19.4. The van der Waals surface area contributed by atoms with Crippen LogP contribution in [-0.4, -0.2) is 58.6 Å². The highest BCUT2D eigenvalue weighted by Crippen LogP contribution is 2.37. The van der Waals surface area contributed by atoms with Gasteiger partial charge in [0.05, 0.1) is 46.9 Å². The molecule has 178 valence electrons. The van der Waals surface area contributed by atoms with Crippen molar-refractivity contribution in [3.63, 3.8) is 0 Å². The Balaban J connectivity index is 0.000000323. The van der Waals surface area contributed by atoms with Crippen molar-refractivity contribution < 1.29 is 34.1 Å². The van der Waals surface area contributed by atoms with Crippen LogP contribution >= 0.6 is 0 Å². The average molecular weight is 448 g/mol. The van der Waals surface area contributed by atoms with Crippen molar-refractivity contribution in [3.05, 3.63) is 53.6 Å². The molecule has 1 unspecified atom stereocenters. The van der Waals surface area contributed by atoms with E-state index in [9.17, 15) is 9.90 Å². The van der Waals surface area contributed by atoms with Crippen LogP contribution < -0.4 is 24.2 Å². The summed E-state index contributed by atoms with van der Waals surface area (Å²) in [5.41, 5.74) is 1.42. The van der Waals surface area contributed by atoms with Crippen molar-refractivity contribution in [1.82, 2.24) is 0 Å². The van der Waals surface area contributed by atoms with Crippen LogP contribution in [-0.2, 0) is 6.42 Å². The fraction of sp³-hybridized carbons (Fsp3) is 0.480. The molecule has 0 aliphatic carbocycles. The zero-order chi connectivity index (χ0) is 23.8. The lowest BCUT2D eigenvalue weighted by atomic mass is 10.1. The second-order valence-corrected chi connectivity index (χ2v) is 7.32. The molecule has 32 heavy (non-hydrogen) atoms. The zero-order valence-corrected chi connectivity index (χ0v) is 19.7. The van der Waals surface area contributed by atoms with Gasteiger partial charge in [0.2, 0.25) is 5.75 Å². The Morgan fingerprint density at radius 1 is 0.938 bits per heavy atom. The number of benzene rings is 2. The molecule has 0 aliphatic heterocycles. The first kappa shape index (κ1) is 27.3. The summed E-state index contributed by atoms with van der Waals surface area (Å²) in [7, 11) is 4.27. The van der Waals surface area contributed by atoms with Gasteiger partial charge >= 0.3 is 0 Å². The minimum Gasteiger partial charge on any atom is -0.545 e. The van der Waals surface area contributed by atoms with Gasteiger partial charge in [-0.3, -0.25) is 0 Å².